The number of H-pyrrole nitrogens is 1. The molecule has 4 nitrogen and oxygen atoms in total. The number of amides is 1. The number of rotatable bonds is 6. The van der Waals surface area contributed by atoms with Crippen molar-refractivity contribution in [3.63, 3.8) is 0 Å². The highest BCUT2D eigenvalue weighted by atomic mass is 16.3. The van der Waals surface area contributed by atoms with Crippen LogP contribution in [0.5, 0.6) is 5.88 Å². The molecular formula is C20H20N2O2. The number of allylic oxidation sites excluding steroid dienone is 10. The van der Waals surface area contributed by atoms with E-state index in [4.69, 9.17) is 0 Å². The average Bonchev–Trinajstić information content (AvgIpc) is 3.09. The molecule has 1 aliphatic rings. The van der Waals surface area contributed by atoms with E-state index in [1.165, 1.54) is 0 Å². The van der Waals surface area contributed by atoms with Gasteiger partial charge in [0.2, 0.25) is 0 Å². The number of aromatic nitrogens is 1. The van der Waals surface area contributed by atoms with Gasteiger partial charge in [0.1, 0.15) is 0 Å². The minimum atomic E-state index is -0.383. The number of aliphatic imine (C=N–C) groups is 1. The predicted molar refractivity (Wildman–Crippen MR) is 99.4 cm³/mol. The van der Waals surface area contributed by atoms with Gasteiger partial charge in [0.25, 0.3) is 5.91 Å². The third-order valence-electron chi connectivity index (χ3n) is 3.62. The molecule has 0 aliphatic carbocycles. The average molecular weight is 320 g/mol. The van der Waals surface area contributed by atoms with Crippen molar-refractivity contribution in [3.05, 3.63) is 84.2 Å². The van der Waals surface area contributed by atoms with Crippen molar-refractivity contribution in [2.45, 2.75) is 13.8 Å². The largest absolute Gasteiger partial charge is 0.494 e. The summed E-state index contributed by atoms with van der Waals surface area (Å²) in [5, 5.41) is 10.3. The molecule has 4 heteroatoms. The van der Waals surface area contributed by atoms with Crippen molar-refractivity contribution >= 4 is 17.2 Å². The van der Waals surface area contributed by atoms with E-state index in [0.29, 0.717) is 28.1 Å². The van der Waals surface area contributed by atoms with Gasteiger partial charge in [0.15, 0.2) is 5.88 Å². The van der Waals surface area contributed by atoms with E-state index >= 15 is 0 Å². The maximum Gasteiger partial charge on any atom is 0.280 e. The van der Waals surface area contributed by atoms with Crippen LogP contribution in [0.1, 0.15) is 35.5 Å². The van der Waals surface area contributed by atoms with Crippen LogP contribution in [0.2, 0.25) is 0 Å². The molecule has 0 saturated carbocycles. The maximum absolute atomic E-state index is 12.4. The quantitative estimate of drug-likeness (QED) is 0.758. The van der Waals surface area contributed by atoms with E-state index in [1.807, 2.05) is 38.2 Å². The van der Waals surface area contributed by atoms with Gasteiger partial charge >= 0.3 is 0 Å². The first-order valence-corrected chi connectivity index (χ1v) is 7.58. The van der Waals surface area contributed by atoms with Gasteiger partial charge < -0.3 is 10.1 Å². The van der Waals surface area contributed by atoms with E-state index in [9.17, 15) is 9.90 Å². The third-order valence-corrected chi connectivity index (χ3v) is 3.62. The van der Waals surface area contributed by atoms with Crippen LogP contribution in [-0.2, 0) is 0 Å². The predicted octanol–water partition coefficient (Wildman–Crippen LogP) is 4.50. The highest BCUT2D eigenvalue weighted by molar-refractivity contribution is 6.30. The molecule has 0 bridgehead atoms. The number of aromatic amines is 1. The molecule has 1 aromatic rings. The van der Waals surface area contributed by atoms with E-state index in [0.717, 1.165) is 5.57 Å². The first-order chi connectivity index (χ1) is 11.6. The number of nitrogens with zero attached hydrogens (tertiary/aromatic N) is 1. The van der Waals surface area contributed by atoms with Gasteiger partial charge in [0, 0.05) is 5.57 Å². The second kappa shape index (κ2) is 7.42. The van der Waals surface area contributed by atoms with Crippen molar-refractivity contribution in [1.82, 2.24) is 4.98 Å². The van der Waals surface area contributed by atoms with Crippen LogP contribution in [0.4, 0.5) is 0 Å². The number of aromatic hydroxyl groups is 1. The molecule has 1 aromatic heterocycles. The normalized spacial score (nSPS) is 15.2. The fourth-order valence-electron chi connectivity index (χ4n) is 2.51. The molecule has 2 rings (SSSR count). The lowest BCUT2D eigenvalue weighted by atomic mass is 9.99. The number of fused-ring (bicyclic) bond motifs is 1. The molecule has 2 heterocycles. The summed E-state index contributed by atoms with van der Waals surface area (Å²) in [4.78, 5) is 19.4. The van der Waals surface area contributed by atoms with Gasteiger partial charge in [-0.2, -0.15) is 0 Å². The van der Waals surface area contributed by atoms with E-state index in [-0.39, 0.29) is 11.8 Å². The standard InChI is InChI=1S/C20H20N2O2/c1-5-9-11-13(7-3)17-15-16(20(24)21-17)18(22-19(15)23)14(8-4)12-10-6-2/h5-12,21,24H,1,4H2,2-3H3/b10-6-,11-9-,13-7+,14-12+. The van der Waals surface area contributed by atoms with Crippen LogP contribution in [0.15, 0.2) is 72.3 Å². The Bertz CT molecular complexity index is 843. The van der Waals surface area contributed by atoms with Gasteiger partial charge in [0.05, 0.1) is 22.5 Å². The Hall–Kier alpha value is -3.14. The zero-order valence-electron chi connectivity index (χ0n) is 13.8. The molecule has 122 valence electrons. The van der Waals surface area contributed by atoms with Crippen molar-refractivity contribution in [3.8, 4) is 5.88 Å². The third kappa shape index (κ3) is 2.99. The Morgan fingerprint density at radius 1 is 1.17 bits per heavy atom. The number of nitrogens with one attached hydrogen (secondary N) is 1. The summed E-state index contributed by atoms with van der Waals surface area (Å²) in [5.74, 6) is -0.463. The van der Waals surface area contributed by atoms with Crippen molar-refractivity contribution in [2.24, 2.45) is 4.99 Å². The van der Waals surface area contributed by atoms with Gasteiger partial charge in [-0.25, -0.2) is 4.99 Å². The van der Waals surface area contributed by atoms with E-state index in [1.54, 1.807) is 24.3 Å². The number of carbonyl (C=O) groups excluding carboxylic acids is 1. The lowest BCUT2D eigenvalue weighted by Gasteiger charge is -2.01. The second-order valence-corrected chi connectivity index (χ2v) is 5.05. The summed E-state index contributed by atoms with van der Waals surface area (Å²) in [6, 6.07) is 0. The summed E-state index contributed by atoms with van der Waals surface area (Å²) in [6.07, 6.45) is 14.2. The van der Waals surface area contributed by atoms with Crippen LogP contribution in [-0.4, -0.2) is 21.7 Å². The Balaban J connectivity index is 2.63. The fraction of sp³-hybridized carbons (Fsp3) is 0.100. The smallest absolute Gasteiger partial charge is 0.280 e. The molecule has 0 fully saturated rings. The van der Waals surface area contributed by atoms with Crippen LogP contribution in [0.25, 0.3) is 5.57 Å². The minimum absolute atomic E-state index is 0.0795. The summed E-state index contributed by atoms with van der Waals surface area (Å²) < 4.78 is 0. The van der Waals surface area contributed by atoms with Crippen LogP contribution in [0, 0.1) is 0 Å². The molecule has 0 radical (unpaired) electrons. The first-order valence-electron chi connectivity index (χ1n) is 7.58. The minimum Gasteiger partial charge on any atom is -0.494 e. The summed E-state index contributed by atoms with van der Waals surface area (Å²) in [7, 11) is 0. The van der Waals surface area contributed by atoms with Crippen LogP contribution >= 0.6 is 0 Å². The van der Waals surface area contributed by atoms with Gasteiger partial charge in [-0.05, 0) is 19.4 Å². The first kappa shape index (κ1) is 17.2. The summed E-state index contributed by atoms with van der Waals surface area (Å²) in [6.45, 7) is 11.2. The lowest BCUT2D eigenvalue weighted by Crippen LogP contribution is -1.99. The van der Waals surface area contributed by atoms with E-state index < -0.39 is 0 Å². The van der Waals surface area contributed by atoms with E-state index in [2.05, 4.69) is 23.1 Å². The van der Waals surface area contributed by atoms with Crippen molar-refractivity contribution in [1.29, 1.82) is 0 Å². The zero-order chi connectivity index (χ0) is 17.7. The topological polar surface area (TPSA) is 65.4 Å². The second-order valence-electron chi connectivity index (χ2n) is 5.05. The molecule has 0 unspecified atom stereocenters. The monoisotopic (exact) mass is 320 g/mol. The molecule has 0 saturated heterocycles. The number of hydrogen-bond donors (Lipinski definition) is 2. The fourth-order valence-corrected chi connectivity index (χ4v) is 2.51. The highest BCUT2D eigenvalue weighted by Crippen LogP contribution is 2.36. The Morgan fingerprint density at radius 3 is 2.50 bits per heavy atom. The SMILES string of the molecule is C=C/C=C\C(=C/C)c1[nH]c(O)c2c1C(=O)N=C2/C(C=C)=C/C=C\C. The Morgan fingerprint density at radius 2 is 1.92 bits per heavy atom. The lowest BCUT2D eigenvalue weighted by molar-refractivity contribution is 0.101. The molecule has 1 aliphatic heterocycles. The Labute approximate surface area is 141 Å². The molecule has 24 heavy (non-hydrogen) atoms. The zero-order valence-corrected chi connectivity index (χ0v) is 13.8. The van der Waals surface area contributed by atoms with Crippen LogP contribution in [0.3, 0.4) is 0 Å². The Kier molecular flexibility index (Phi) is 5.32. The van der Waals surface area contributed by atoms with Gasteiger partial charge in [-0.15, -0.1) is 0 Å². The molecule has 0 atom stereocenters. The van der Waals surface area contributed by atoms with Gasteiger partial charge in [-0.3, -0.25) is 4.79 Å². The molecule has 2 N–H and O–H groups in total. The molecule has 1 amide bonds. The van der Waals surface area contributed by atoms with Crippen molar-refractivity contribution < 1.29 is 9.90 Å². The summed E-state index contributed by atoms with van der Waals surface area (Å²) >= 11 is 0. The number of carbonyl (C=O) groups is 1. The van der Waals surface area contributed by atoms with Crippen molar-refractivity contribution in [2.75, 3.05) is 0 Å². The highest BCUT2D eigenvalue weighted by Gasteiger charge is 2.33. The summed E-state index contributed by atoms with van der Waals surface area (Å²) in [5.41, 5.74) is 3.20. The van der Waals surface area contributed by atoms with Crippen LogP contribution < -0.4 is 0 Å². The molecular weight excluding hydrogens is 300 g/mol. The molecule has 0 spiro atoms. The molecule has 0 aromatic carbocycles. The number of hydrogen-bond acceptors (Lipinski definition) is 2. The van der Waals surface area contributed by atoms with Gasteiger partial charge in [-0.1, -0.05) is 61.8 Å². The maximum atomic E-state index is 12.4.